The van der Waals surface area contributed by atoms with Gasteiger partial charge in [0, 0.05) is 24.1 Å². The summed E-state index contributed by atoms with van der Waals surface area (Å²) in [6, 6.07) is 6.27. The van der Waals surface area contributed by atoms with Crippen LogP contribution in [0.25, 0.3) is 0 Å². The van der Waals surface area contributed by atoms with Gasteiger partial charge < -0.3 is 9.40 Å². The number of hydrogen-bond acceptors (Lipinski definition) is 6. The maximum Gasteiger partial charge on any atom is 0.328 e. The van der Waals surface area contributed by atoms with Crippen molar-refractivity contribution in [1.29, 1.82) is 0 Å². The Morgan fingerprint density at radius 3 is 2.88 bits per heavy atom. The van der Waals surface area contributed by atoms with Gasteiger partial charge in [0.2, 0.25) is 5.89 Å². The molecule has 9 heteroatoms. The van der Waals surface area contributed by atoms with Crippen molar-refractivity contribution >= 4 is 11.8 Å². The molecule has 0 saturated heterocycles. The van der Waals surface area contributed by atoms with Crippen LogP contribution in [-0.2, 0) is 19.2 Å². The minimum Gasteiger partial charge on any atom is -0.416 e. The lowest BCUT2D eigenvalue weighted by Crippen LogP contribution is -2.36. The second-order valence-electron chi connectivity index (χ2n) is 5.45. The molecule has 0 saturated carbocycles. The number of halogens is 1. The van der Waals surface area contributed by atoms with Crippen molar-refractivity contribution in [1.82, 2.24) is 19.7 Å². The van der Waals surface area contributed by atoms with Crippen molar-refractivity contribution < 1.29 is 8.81 Å². The van der Waals surface area contributed by atoms with Crippen molar-refractivity contribution in [2.45, 2.75) is 24.3 Å². The van der Waals surface area contributed by atoms with Crippen LogP contribution in [0.3, 0.4) is 0 Å². The Morgan fingerprint density at radius 1 is 1.32 bits per heavy atom. The van der Waals surface area contributed by atoms with E-state index in [4.69, 9.17) is 4.42 Å². The molecule has 1 N–H and O–H groups in total. The van der Waals surface area contributed by atoms with E-state index in [0.717, 1.165) is 10.1 Å². The highest BCUT2D eigenvalue weighted by Crippen LogP contribution is 2.22. The van der Waals surface area contributed by atoms with Gasteiger partial charge in [0.25, 0.3) is 10.8 Å². The maximum absolute atomic E-state index is 13.2. The van der Waals surface area contributed by atoms with Gasteiger partial charge in [-0.3, -0.25) is 9.36 Å². The number of aromatic nitrogens is 4. The Bertz CT molecular complexity index is 1020. The second kappa shape index (κ2) is 7.06. The molecule has 0 atom stereocenters. The van der Waals surface area contributed by atoms with Gasteiger partial charge in [-0.2, -0.15) is 0 Å². The molecule has 0 aliphatic rings. The van der Waals surface area contributed by atoms with Gasteiger partial charge in [-0.05, 0) is 24.6 Å². The van der Waals surface area contributed by atoms with E-state index in [0.29, 0.717) is 22.2 Å². The predicted octanol–water partition coefficient (Wildman–Crippen LogP) is 1.79. The summed E-state index contributed by atoms with van der Waals surface area (Å²) >= 11 is 1.28. The van der Waals surface area contributed by atoms with E-state index in [2.05, 4.69) is 15.2 Å². The van der Waals surface area contributed by atoms with Gasteiger partial charge in [0.05, 0.1) is 6.42 Å². The van der Waals surface area contributed by atoms with Crippen LogP contribution in [0.4, 0.5) is 4.39 Å². The smallest absolute Gasteiger partial charge is 0.328 e. The number of thioether (sulfide) groups is 1. The van der Waals surface area contributed by atoms with Crippen LogP contribution in [0.15, 0.2) is 43.5 Å². The minimum atomic E-state index is -0.469. The summed E-state index contributed by atoms with van der Waals surface area (Å²) in [6.45, 7) is 1.65. The van der Waals surface area contributed by atoms with Gasteiger partial charge in [-0.1, -0.05) is 23.9 Å². The van der Waals surface area contributed by atoms with Gasteiger partial charge in [0.15, 0.2) is 0 Å². The molecule has 0 bridgehead atoms. The fourth-order valence-corrected chi connectivity index (χ4v) is 3.00. The summed E-state index contributed by atoms with van der Waals surface area (Å²) in [5.74, 6) is 0.460. The molecule has 25 heavy (non-hydrogen) atoms. The van der Waals surface area contributed by atoms with Crippen molar-refractivity contribution in [3.8, 4) is 0 Å². The van der Waals surface area contributed by atoms with Crippen LogP contribution in [0.1, 0.15) is 22.7 Å². The van der Waals surface area contributed by atoms with E-state index >= 15 is 0 Å². The molecule has 0 aliphatic carbocycles. The molecule has 0 amide bonds. The SMILES string of the molecule is Cc1[nH]c(=O)n(C)c(=O)c1Cc1nnc(SCc2cccc(F)c2)o1. The topological polar surface area (TPSA) is 93.8 Å². The predicted molar refractivity (Wildman–Crippen MR) is 90.1 cm³/mol. The third-order valence-electron chi connectivity index (χ3n) is 3.64. The highest BCUT2D eigenvalue weighted by molar-refractivity contribution is 7.98. The first kappa shape index (κ1) is 17.2. The lowest BCUT2D eigenvalue weighted by molar-refractivity contribution is 0.419. The first-order valence-electron chi connectivity index (χ1n) is 7.42. The quantitative estimate of drug-likeness (QED) is 0.696. The van der Waals surface area contributed by atoms with E-state index in [1.165, 1.54) is 30.9 Å². The average Bonchev–Trinajstić information content (AvgIpc) is 3.03. The van der Waals surface area contributed by atoms with Crippen LogP contribution in [0, 0.1) is 12.7 Å². The van der Waals surface area contributed by atoms with Crippen molar-refractivity contribution in [2.24, 2.45) is 7.05 Å². The van der Waals surface area contributed by atoms with Crippen molar-refractivity contribution in [3.63, 3.8) is 0 Å². The van der Waals surface area contributed by atoms with Crippen LogP contribution in [-0.4, -0.2) is 19.7 Å². The average molecular weight is 362 g/mol. The fourth-order valence-electron chi connectivity index (χ4n) is 2.27. The third kappa shape index (κ3) is 3.87. The molecule has 7 nitrogen and oxygen atoms in total. The molecular formula is C16H15FN4O3S. The first-order chi connectivity index (χ1) is 11.9. The van der Waals surface area contributed by atoms with Crippen LogP contribution < -0.4 is 11.2 Å². The van der Waals surface area contributed by atoms with Gasteiger partial charge in [0.1, 0.15) is 5.82 Å². The summed E-state index contributed by atoms with van der Waals surface area (Å²) < 4.78 is 19.7. The van der Waals surface area contributed by atoms with E-state index < -0.39 is 11.2 Å². The summed E-state index contributed by atoms with van der Waals surface area (Å²) in [4.78, 5) is 26.3. The lowest BCUT2D eigenvalue weighted by Gasteiger charge is -2.04. The van der Waals surface area contributed by atoms with Crippen molar-refractivity contribution in [3.05, 3.63) is 73.6 Å². The van der Waals surface area contributed by atoms with Gasteiger partial charge >= 0.3 is 5.69 Å². The monoisotopic (exact) mass is 362 g/mol. The van der Waals surface area contributed by atoms with Gasteiger partial charge in [-0.25, -0.2) is 9.18 Å². The fraction of sp³-hybridized carbons (Fsp3) is 0.250. The summed E-state index contributed by atoms with van der Waals surface area (Å²) in [6.07, 6.45) is 0.128. The largest absolute Gasteiger partial charge is 0.416 e. The highest BCUT2D eigenvalue weighted by atomic mass is 32.2. The second-order valence-corrected chi connectivity index (χ2v) is 6.38. The number of nitrogens with zero attached hydrogens (tertiary/aromatic N) is 3. The molecular weight excluding hydrogens is 347 g/mol. The number of nitrogens with one attached hydrogen (secondary N) is 1. The number of H-pyrrole nitrogens is 1. The molecule has 2 heterocycles. The number of aryl methyl sites for hydroxylation is 1. The molecule has 0 fully saturated rings. The van der Waals surface area contributed by atoms with Crippen LogP contribution in [0.2, 0.25) is 0 Å². The molecule has 130 valence electrons. The van der Waals surface area contributed by atoms with Crippen LogP contribution >= 0.6 is 11.8 Å². The summed E-state index contributed by atoms with van der Waals surface area (Å²) in [5, 5.41) is 8.18. The van der Waals surface area contributed by atoms with Gasteiger partial charge in [-0.15, -0.1) is 10.2 Å². The molecule has 0 aliphatic heterocycles. The Kier molecular flexibility index (Phi) is 4.84. The Labute approximate surface area is 145 Å². The number of aromatic amines is 1. The van der Waals surface area contributed by atoms with E-state index in [9.17, 15) is 14.0 Å². The molecule has 0 spiro atoms. The van der Waals surface area contributed by atoms with E-state index in [1.807, 2.05) is 0 Å². The zero-order chi connectivity index (χ0) is 18.0. The Hall–Kier alpha value is -2.68. The minimum absolute atomic E-state index is 0.128. The first-order valence-corrected chi connectivity index (χ1v) is 8.41. The molecule has 0 unspecified atom stereocenters. The standard InChI is InChI=1S/C16H15FN4O3S/c1-9-12(14(22)21(2)15(23)18-9)7-13-19-20-16(24-13)25-8-10-4-3-5-11(17)6-10/h3-6H,7-8H2,1-2H3,(H,18,23). The number of rotatable bonds is 5. The lowest BCUT2D eigenvalue weighted by atomic mass is 10.2. The molecule has 3 rings (SSSR count). The molecule has 2 aromatic heterocycles. The zero-order valence-corrected chi connectivity index (χ0v) is 14.4. The summed E-state index contributed by atoms with van der Waals surface area (Å²) in [7, 11) is 1.40. The van der Waals surface area contributed by atoms with E-state index in [-0.39, 0.29) is 18.1 Å². The van der Waals surface area contributed by atoms with Crippen LogP contribution in [0.5, 0.6) is 0 Å². The Morgan fingerprint density at radius 2 is 2.12 bits per heavy atom. The zero-order valence-electron chi connectivity index (χ0n) is 13.6. The molecule has 0 radical (unpaired) electrons. The normalized spacial score (nSPS) is 11.0. The number of hydrogen-bond donors (Lipinski definition) is 1. The highest BCUT2D eigenvalue weighted by Gasteiger charge is 2.14. The summed E-state index contributed by atoms with van der Waals surface area (Å²) in [5.41, 5.74) is 0.805. The number of benzene rings is 1. The third-order valence-corrected chi connectivity index (χ3v) is 4.53. The van der Waals surface area contributed by atoms with Crippen molar-refractivity contribution in [2.75, 3.05) is 0 Å². The Balaban J connectivity index is 1.73. The molecule has 1 aromatic carbocycles. The maximum atomic E-state index is 13.2. The van der Waals surface area contributed by atoms with E-state index in [1.54, 1.807) is 19.1 Å². The molecule has 3 aromatic rings.